The molecule has 0 nitrogen and oxygen atoms in total. The van der Waals surface area contributed by atoms with E-state index in [9.17, 15) is 13.2 Å². The van der Waals surface area contributed by atoms with Crippen molar-refractivity contribution in [3.8, 4) is 33.4 Å². The van der Waals surface area contributed by atoms with Crippen molar-refractivity contribution >= 4 is 34.8 Å². The van der Waals surface area contributed by atoms with Crippen LogP contribution in [0.4, 0.5) is 13.2 Å². The van der Waals surface area contributed by atoms with Crippen LogP contribution in [-0.2, 0) is 19.3 Å². The third-order valence-electron chi connectivity index (χ3n) is 15.5. The maximum Gasteiger partial charge on any atom is 0.145 e. The number of aryl methyl sites for hydroxylation is 3. The Labute approximate surface area is 427 Å². The molecule has 6 aromatic carbocycles. The van der Waals surface area contributed by atoms with Crippen molar-refractivity contribution in [2.75, 3.05) is 0 Å². The van der Waals surface area contributed by atoms with Gasteiger partial charge in [-0.2, -0.15) is 0 Å². The number of rotatable bonds is 12. The molecule has 0 saturated heterocycles. The first-order valence-corrected chi connectivity index (χ1v) is 27.1. The first kappa shape index (κ1) is 52.8. The SMILES string of the molecule is CC1CCC(CCc2ccc(-c3cc(F)c(Cl)c(F)c3)cc2)CC1.CC1CCC(CCc2ccc(-c3ccc(Cl)c(F)c3)cc2)CC1.CC1CCC(CCc2ccc(-c3ccc(Cl)cc3)cc2)CC1. The van der Waals surface area contributed by atoms with E-state index in [1.165, 1.54) is 149 Å². The summed E-state index contributed by atoms with van der Waals surface area (Å²) in [6, 6.07) is 41.2. The van der Waals surface area contributed by atoms with Crippen molar-refractivity contribution < 1.29 is 13.2 Å². The zero-order chi connectivity index (χ0) is 48.7. The van der Waals surface area contributed by atoms with Crippen LogP contribution in [0.5, 0.6) is 0 Å². The van der Waals surface area contributed by atoms with E-state index in [0.29, 0.717) is 5.56 Å². The Hall–Kier alpha value is -4.02. The van der Waals surface area contributed by atoms with Crippen molar-refractivity contribution in [1.29, 1.82) is 0 Å². The van der Waals surface area contributed by atoms with Crippen LogP contribution in [0.2, 0.25) is 15.1 Å². The summed E-state index contributed by atoms with van der Waals surface area (Å²) in [7, 11) is 0. The van der Waals surface area contributed by atoms with E-state index in [1.807, 2.05) is 30.3 Å². The number of benzene rings is 6. The summed E-state index contributed by atoms with van der Waals surface area (Å²) < 4.78 is 40.7. The molecular weight excluding hydrogens is 920 g/mol. The largest absolute Gasteiger partial charge is 0.205 e. The molecule has 6 heteroatoms. The van der Waals surface area contributed by atoms with Crippen molar-refractivity contribution in [3.63, 3.8) is 0 Å². The van der Waals surface area contributed by atoms with Crippen LogP contribution in [0, 0.1) is 53.0 Å². The lowest BCUT2D eigenvalue weighted by atomic mass is 9.80. The molecule has 3 aliphatic rings. The van der Waals surface area contributed by atoms with Gasteiger partial charge in [-0.3, -0.25) is 0 Å². The van der Waals surface area contributed by atoms with Gasteiger partial charge in [0.15, 0.2) is 0 Å². The Bertz CT molecular complexity index is 2430. The van der Waals surface area contributed by atoms with E-state index < -0.39 is 16.7 Å². The summed E-state index contributed by atoms with van der Waals surface area (Å²) in [5.41, 5.74) is 9.87. The van der Waals surface area contributed by atoms with E-state index in [0.717, 1.165) is 70.1 Å². The average molecular weight is 993 g/mol. The summed E-state index contributed by atoms with van der Waals surface area (Å²) in [6.07, 6.45) is 24.0. The lowest BCUT2D eigenvalue weighted by Crippen LogP contribution is -2.12. The van der Waals surface area contributed by atoms with Crippen LogP contribution in [0.25, 0.3) is 33.4 Å². The van der Waals surface area contributed by atoms with Gasteiger partial charge in [0.25, 0.3) is 0 Å². The molecule has 0 atom stereocenters. The first-order chi connectivity index (χ1) is 33.3. The molecule has 0 aromatic heterocycles. The fraction of sp³-hybridized carbons (Fsp3) is 0.429. The molecule has 69 heavy (non-hydrogen) atoms. The summed E-state index contributed by atoms with van der Waals surface area (Å²) in [5, 5.41) is 0.520. The summed E-state index contributed by atoms with van der Waals surface area (Å²) in [5.74, 6) is 3.66. The molecule has 0 bridgehead atoms. The van der Waals surface area contributed by atoms with Crippen LogP contribution < -0.4 is 0 Å². The molecule has 0 N–H and O–H groups in total. The van der Waals surface area contributed by atoms with Gasteiger partial charge in [-0.15, -0.1) is 0 Å². The summed E-state index contributed by atoms with van der Waals surface area (Å²) >= 11 is 17.2. The average Bonchev–Trinajstić information content (AvgIpc) is 3.37. The Morgan fingerprint density at radius 1 is 0.348 bits per heavy atom. The van der Waals surface area contributed by atoms with Crippen LogP contribution in [0.3, 0.4) is 0 Å². The van der Waals surface area contributed by atoms with Crippen molar-refractivity contribution in [2.24, 2.45) is 35.5 Å². The lowest BCUT2D eigenvalue weighted by Gasteiger charge is -2.26. The van der Waals surface area contributed by atoms with Gasteiger partial charge in [0.2, 0.25) is 0 Å². The first-order valence-electron chi connectivity index (χ1n) is 26.0. The van der Waals surface area contributed by atoms with Gasteiger partial charge in [0, 0.05) is 5.02 Å². The van der Waals surface area contributed by atoms with E-state index in [4.69, 9.17) is 34.8 Å². The monoisotopic (exact) mass is 990 g/mol. The number of hydrogen-bond acceptors (Lipinski definition) is 0. The minimum absolute atomic E-state index is 0.173. The summed E-state index contributed by atoms with van der Waals surface area (Å²) in [4.78, 5) is 0. The van der Waals surface area contributed by atoms with E-state index >= 15 is 0 Å². The molecule has 0 aliphatic heterocycles. The van der Waals surface area contributed by atoms with Gasteiger partial charge in [0.1, 0.15) is 22.5 Å². The predicted molar refractivity (Wildman–Crippen MR) is 289 cm³/mol. The number of hydrogen-bond donors (Lipinski definition) is 0. The van der Waals surface area contributed by atoms with Crippen LogP contribution in [0.1, 0.15) is 134 Å². The summed E-state index contributed by atoms with van der Waals surface area (Å²) in [6.45, 7) is 7.11. The highest BCUT2D eigenvalue weighted by molar-refractivity contribution is 6.31. The van der Waals surface area contributed by atoms with E-state index in [1.54, 1.807) is 6.07 Å². The lowest BCUT2D eigenvalue weighted by molar-refractivity contribution is 0.278. The van der Waals surface area contributed by atoms with Gasteiger partial charge in [0.05, 0.1) is 5.02 Å². The third kappa shape index (κ3) is 16.5. The van der Waals surface area contributed by atoms with E-state index in [-0.39, 0.29) is 10.8 Å². The zero-order valence-corrected chi connectivity index (χ0v) is 43.4. The minimum atomic E-state index is -0.720. The Morgan fingerprint density at radius 2 is 0.638 bits per heavy atom. The molecule has 3 saturated carbocycles. The normalized spacial score (nSPS) is 21.3. The van der Waals surface area contributed by atoms with Crippen LogP contribution >= 0.6 is 34.8 Å². The molecule has 0 heterocycles. The van der Waals surface area contributed by atoms with Gasteiger partial charge in [-0.1, -0.05) is 224 Å². The highest BCUT2D eigenvalue weighted by atomic mass is 35.5. The van der Waals surface area contributed by atoms with Crippen LogP contribution in [0.15, 0.2) is 127 Å². The second kappa shape index (κ2) is 26.4. The van der Waals surface area contributed by atoms with Crippen molar-refractivity contribution in [1.82, 2.24) is 0 Å². The molecule has 366 valence electrons. The second-order valence-electron chi connectivity index (χ2n) is 21.0. The van der Waals surface area contributed by atoms with Crippen molar-refractivity contribution in [2.45, 2.75) is 136 Å². The Morgan fingerprint density at radius 3 is 0.986 bits per heavy atom. The molecule has 3 aliphatic carbocycles. The quantitative estimate of drug-likeness (QED) is 0.107. The van der Waals surface area contributed by atoms with Gasteiger partial charge in [-0.05, 0) is 161 Å². The molecule has 6 aromatic rings. The van der Waals surface area contributed by atoms with Gasteiger partial charge < -0.3 is 0 Å². The molecule has 3 fully saturated rings. The molecule has 0 unspecified atom stereocenters. The third-order valence-corrected chi connectivity index (χ3v) is 16.5. The minimum Gasteiger partial charge on any atom is -0.205 e. The molecule has 0 amide bonds. The molecular formula is C63H72Cl3F3. The molecule has 0 radical (unpaired) electrons. The maximum atomic E-state index is 13.6. The predicted octanol–water partition coefficient (Wildman–Crippen LogP) is 20.7. The topological polar surface area (TPSA) is 0 Å². The zero-order valence-electron chi connectivity index (χ0n) is 41.1. The van der Waals surface area contributed by atoms with Gasteiger partial charge in [-0.25, -0.2) is 13.2 Å². The second-order valence-corrected chi connectivity index (χ2v) is 22.2. The fourth-order valence-corrected chi connectivity index (χ4v) is 11.0. The van der Waals surface area contributed by atoms with Crippen molar-refractivity contribution in [3.05, 3.63) is 177 Å². The molecule has 9 rings (SSSR count). The number of halogens is 6. The molecule has 0 spiro atoms. The standard InChI is InChI=1S/C21H23ClF2.C21H24ClF.C21H25Cl/c1-14-2-4-15(5-3-14)6-7-16-8-10-17(11-9-16)18-12-19(23)21(22)20(24)13-18;1-15-2-4-16(5-3-15)6-7-17-8-10-18(11-9-17)19-12-13-20(22)21(23)14-19;1-16-2-4-17(5-3-16)6-7-18-8-10-19(11-9-18)20-12-14-21(22)15-13-20/h8-15H,2-7H2,1H3;8-16H,2-7H2,1H3;8-17H,2-7H2,1H3. The highest BCUT2D eigenvalue weighted by Gasteiger charge is 2.20. The van der Waals surface area contributed by atoms with E-state index in [2.05, 4.69) is 93.6 Å². The fourth-order valence-electron chi connectivity index (χ4n) is 10.6. The Balaban J connectivity index is 0.000000153. The smallest absolute Gasteiger partial charge is 0.145 e. The van der Waals surface area contributed by atoms with Crippen LogP contribution in [-0.4, -0.2) is 0 Å². The maximum absolute atomic E-state index is 13.6. The highest BCUT2D eigenvalue weighted by Crippen LogP contribution is 2.35. The Kier molecular flexibility index (Phi) is 20.2. The van der Waals surface area contributed by atoms with Gasteiger partial charge >= 0.3 is 0 Å².